The van der Waals surface area contributed by atoms with E-state index in [2.05, 4.69) is 26.1 Å². The number of halogens is 2. The van der Waals surface area contributed by atoms with Gasteiger partial charge in [-0.1, -0.05) is 17.7 Å². The Balaban J connectivity index is 2.06. The Morgan fingerprint density at radius 3 is 2.24 bits per heavy atom. The molecule has 112 valence electrons. The van der Waals surface area contributed by atoms with E-state index in [1.165, 1.54) is 12.1 Å². The molecule has 21 heavy (non-hydrogen) atoms. The normalized spacial score (nSPS) is 11.5. The summed E-state index contributed by atoms with van der Waals surface area (Å²) >= 11 is 6.27. The van der Waals surface area contributed by atoms with Crippen molar-refractivity contribution in [3.63, 3.8) is 0 Å². The Labute approximate surface area is 129 Å². The van der Waals surface area contributed by atoms with Gasteiger partial charge < -0.3 is 10.1 Å². The van der Waals surface area contributed by atoms with Crippen LogP contribution in [0.25, 0.3) is 0 Å². The summed E-state index contributed by atoms with van der Waals surface area (Å²) in [5.41, 5.74) is 1.05. The molecule has 0 saturated carbocycles. The molecule has 0 radical (unpaired) electrons. The Morgan fingerprint density at radius 2 is 1.67 bits per heavy atom. The number of ether oxygens (including phenoxy) is 1. The van der Waals surface area contributed by atoms with Crippen molar-refractivity contribution in [3.05, 3.63) is 58.9 Å². The molecule has 2 aromatic carbocycles. The van der Waals surface area contributed by atoms with Crippen LogP contribution < -0.4 is 10.1 Å². The lowest BCUT2D eigenvalue weighted by atomic mass is 10.1. The molecule has 1 N–H and O–H groups in total. The molecule has 0 fully saturated rings. The lowest BCUT2D eigenvalue weighted by Gasteiger charge is -2.21. The van der Waals surface area contributed by atoms with Crippen molar-refractivity contribution < 1.29 is 9.13 Å². The van der Waals surface area contributed by atoms with Crippen LogP contribution in [-0.4, -0.2) is 5.54 Å². The van der Waals surface area contributed by atoms with Crippen LogP contribution in [0, 0.1) is 5.82 Å². The van der Waals surface area contributed by atoms with Crippen molar-refractivity contribution in [1.29, 1.82) is 0 Å². The highest BCUT2D eigenvalue weighted by atomic mass is 35.5. The maximum absolute atomic E-state index is 12.8. The Kier molecular flexibility index (Phi) is 4.86. The van der Waals surface area contributed by atoms with Gasteiger partial charge in [0.1, 0.15) is 17.3 Å². The summed E-state index contributed by atoms with van der Waals surface area (Å²) < 4.78 is 18.5. The van der Waals surface area contributed by atoms with Crippen LogP contribution in [-0.2, 0) is 6.54 Å². The third-order valence-electron chi connectivity index (χ3n) is 2.88. The lowest BCUT2D eigenvalue weighted by molar-refractivity contribution is 0.424. The van der Waals surface area contributed by atoms with E-state index in [1.807, 2.05) is 12.1 Å². The molecule has 0 aromatic heterocycles. The maximum atomic E-state index is 12.8. The zero-order valence-electron chi connectivity index (χ0n) is 12.4. The van der Waals surface area contributed by atoms with Crippen LogP contribution in [0.15, 0.2) is 42.5 Å². The molecule has 0 atom stereocenters. The van der Waals surface area contributed by atoms with Gasteiger partial charge in [-0.3, -0.25) is 0 Å². The molecule has 0 bridgehead atoms. The summed E-state index contributed by atoms with van der Waals surface area (Å²) in [7, 11) is 0. The maximum Gasteiger partial charge on any atom is 0.128 e. The zero-order valence-corrected chi connectivity index (χ0v) is 13.2. The Hall–Kier alpha value is -1.58. The fourth-order valence-electron chi connectivity index (χ4n) is 1.73. The summed E-state index contributed by atoms with van der Waals surface area (Å²) in [5.74, 6) is 0.920. The van der Waals surface area contributed by atoms with Crippen molar-refractivity contribution in [2.75, 3.05) is 0 Å². The van der Waals surface area contributed by atoms with Gasteiger partial charge >= 0.3 is 0 Å². The largest absolute Gasteiger partial charge is 0.457 e. The van der Waals surface area contributed by atoms with Crippen LogP contribution in [0.5, 0.6) is 11.5 Å². The summed E-state index contributed by atoms with van der Waals surface area (Å²) in [5, 5.41) is 4.03. The molecule has 0 amide bonds. The van der Waals surface area contributed by atoms with Gasteiger partial charge in [-0.15, -0.1) is 0 Å². The molecule has 2 rings (SSSR count). The minimum atomic E-state index is -0.288. The van der Waals surface area contributed by atoms with Gasteiger partial charge in [0.25, 0.3) is 0 Å². The zero-order chi connectivity index (χ0) is 15.5. The van der Waals surface area contributed by atoms with E-state index in [4.69, 9.17) is 16.3 Å². The van der Waals surface area contributed by atoms with Crippen molar-refractivity contribution in [2.24, 2.45) is 0 Å². The van der Waals surface area contributed by atoms with E-state index in [0.29, 0.717) is 23.1 Å². The first-order valence-electron chi connectivity index (χ1n) is 6.80. The molecular weight excluding hydrogens is 289 g/mol. The highest BCUT2D eigenvalue weighted by Crippen LogP contribution is 2.27. The summed E-state index contributed by atoms with van der Waals surface area (Å²) in [6.07, 6.45) is 0. The quantitative estimate of drug-likeness (QED) is 0.842. The molecule has 2 nitrogen and oxygen atoms in total. The second-order valence-corrected chi connectivity index (χ2v) is 6.32. The van der Waals surface area contributed by atoms with Crippen LogP contribution in [0.1, 0.15) is 26.3 Å². The van der Waals surface area contributed by atoms with Crippen LogP contribution >= 0.6 is 11.6 Å². The first-order chi connectivity index (χ1) is 9.83. The van der Waals surface area contributed by atoms with Gasteiger partial charge in [-0.05, 0) is 62.7 Å². The smallest absolute Gasteiger partial charge is 0.128 e. The van der Waals surface area contributed by atoms with Crippen LogP contribution in [0.4, 0.5) is 4.39 Å². The van der Waals surface area contributed by atoms with Gasteiger partial charge in [-0.25, -0.2) is 4.39 Å². The van der Waals surface area contributed by atoms with Crippen LogP contribution in [0.3, 0.4) is 0 Å². The monoisotopic (exact) mass is 307 g/mol. The third-order valence-corrected chi connectivity index (χ3v) is 3.23. The first kappa shape index (κ1) is 15.8. The van der Waals surface area contributed by atoms with Gasteiger partial charge in [-0.2, -0.15) is 0 Å². The average molecular weight is 308 g/mol. The first-order valence-corrected chi connectivity index (χ1v) is 7.18. The standard InChI is InChI=1S/C17H19ClFNO/c1-17(2,3)20-11-12-4-7-15(10-16(12)18)21-14-8-5-13(19)6-9-14/h4-10,20H,11H2,1-3H3. The van der Waals surface area contributed by atoms with Gasteiger partial charge in [0.05, 0.1) is 0 Å². The number of rotatable bonds is 4. The highest BCUT2D eigenvalue weighted by molar-refractivity contribution is 6.31. The van der Waals surface area contributed by atoms with Crippen molar-refractivity contribution >= 4 is 11.6 Å². The lowest BCUT2D eigenvalue weighted by Crippen LogP contribution is -2.35. The molecule has 0 saturated heterocycles. The third kappa shape index (κ3) is 5.03. The summed E-state index contributed by atoms with van der Waals surface area (Å²) in [6.45, 7) is 7.01. The SMILES string of the molecule is CC(C)(C)NCc1ccc(Oc2ccc(F)cc2)cc1Cl. The van der Waals surface area contributed by atoms with Crippen molar-refractivity contribution in [2.45, 2.75) is 32.9 Å². The Morgan fingerprint density at radius 1 is 1.05 bits per heavy atom. The number of nitrogens with one attached hydrogen (secondary N) is 1. The molecule has 0 spiro atoms. The molecule has 0 aliphatic heterocycles. The predicted molar refractivity (Wildman–Crippen MR) is 84.5 cm³/mol. The molecule has 0 aliphatic rings. The molecular formula is C17H19ClFNO. The summed E-state index contributed by atoms with van der Waals surface area (Å²) in [4.78, 5) is 0. The van der Waals surface area contributed by atoms with Gasteiger partial charge in [0, 0.05) is 17.1 Å². The van der Waals surface area contributed by atoms with Gasteiger partial charge in [0.2, 0.25) is 0 Å². The van der Waals surface area contributed by atoms with E-state index < -0.39 is 0 Å². The van der Waals surface area contributed by atoms with Crippen LogP contribution in [0.2, 0.25) is 5.02 Å². The van der Waals surface area contributed by atoms with Crippen molar-refractivity contribution in [3.8, 4) is 11.5 Å². The second kappa shape index (κ2) is 6.46. The molecule has 0 heterocycles. The fourth-order valence-corrected chi connectivity index (χ4v) is 1.97. The van der Waals surface area contributed by atoms with E-state index in [0.717, 1.165) is 5.56 Å². The number of hydrogen-bond donors (Lipinski definition) is 1. The topological polar surface area (TPSA) is 21.3 Å². The minimum Gasteiger partial charge on any atom is -0.457 e. The minimum absolute atomic E-state index is 0.0343. The molecule has 0 unspecified atom stereocenters. The van der Waals surface area contributed by atoms with E-state index in [-0.39, 0.29) is 11.4 Å². The number of hydrogen-bond acceptors (Lipinski definition) is 2. The fraction of sp³-hybridized carbons (Fsp3) is 0.294. The second-order valence-electron chi connectivity index (χ2n) is 5.91. The average Bonchev–Trinajstić information content (AvgIpc) is 2.39. The highest BCUT2D eigenvalue weighted by Gasteiger charge is 2.10. The molecule has 0 aliphatic carbocycles. The van der Waals surface area contributed by atoms with E-state index >= 15 is 0 Å². The van der Waals surface area contributed by atoms with Gasteiger partial charge in [0.15, 0.2) is 0 Å². The van der Waals surface area contributed by atoms with E-state index in [9.17, 15) is 4.39 Å². The van der Waals surface area contributed by atoms with E-state index in [1.54, 1.807) is 18.2 Å². The molecule has 2 aromatic rings. The molecule has 4 heteroatoms. The number of benzene rings is 2. The summed E-state index contributed by atoms with van der Waals surface area (Å²) in [6, 6.07) is 11.4. The Bertz CT molecular complexity index is 605. The predicted octanol–water partition coefficient (Wildman–Crippen LogP) is 5.16. The van der Waals surface area contributed by atoms with Crippen molar-refractivity contribution in [1.82, 2.24) is 5.32 Å².